The first-order chi connectivity index (χ1) is 14.6. The van der Waals surface area contributed by atoms with Gasteiger partial charge in [0.2, 0.25) is 10.0 Å². The van der Waals surface area contributed by atoms with E-state index < -0.39 is 15.9 Å². The van der Waals surface area contributed by atoms with Crippen LogP contribution in [0, 0.1) is 0 Å². The van der Waals surface area contributed by atoms with Crippen LogP contribution in [0.15, 0.2) is 58.5 Å². The van der Waals surface area contributed by atoms with Gasteiger partial charge in [-0.05, 0) is 49.4 Å². The maximum atomic E-state index is 12.9. The van der Waals surface area contributed by atoms with Gasteiger partial charge in [0.1, 0.15) is 0 Å². The topological polar surface area (TPSA) is 88.1 Å². The summed E-state index contributed by atoms with van der Waals surface area (Å²) in [6.45, 7) is 1.37. The molecule has 2 aliphatic rings. The van der Waals surface area contributed by atoms with E-state index in [1.54, 1.807) is 12.1 Å². The Morgan fingerprint density at radius 2 is 1.77 bits per heavy atom. The van der Waals surface area contributed by atoms with Gasteiger partial charge in [0.05, 0.1) is 23.8 Å². The van der Waals surface area contributed by atoms with Gasteiger partial charge in [-0.2, -0.15) is 9.41 Å². The molecule has 0 unspecified atom stereocenters. The van der Waals surface area contributed by atoms with E-state index in [0.717, 1.165) is 37.0 Å². The predicted octanol–water partition coefficient (Wildman–Crippen LogP) is 2.57. The first kappa shape index (κ1) is 20.7. The molecule has 30 heavy (non-hydrogen) atoms. The Balaban J connectivity index is 1.53. The summed E-state index contributed by atoms with van der Waals surface area (Å²) in [5.74, 6) is -0.428. The number of hydrazone groups is 1. The number of hydrogen-bond donors (Lipinski definition) is 1. The molecule has 0 radical (unpaired) electrons. The Labute approximate surface area is 176 Å². The summed E-state index contributed by atoms with van der Waals surface area (Å²) in [6, 6.07) is 14.2. The van der Waals surface area contributed by atoms with E-state index in [4.69, 9.17) is 4.74 Å². The van der Waals surface area contributed by atoms with Crippen molar-refractivity contribution in [1.82, 2.24) is 9.73 Å². The van der Waals surface area contributed by atoms with Crippen LogP contribution in [0.3, 0.4) is 0 Å². The normalized spacial score (nSPS) is 19.1. The molecule has 1 amide bonds. The molecule has 158 valence electrons. The zero-order chi connectivity index (χ0) is 21.0. The highest BCUT2D eigenvalue weighted by atomic mass is 32.2. The minimum absolute atomic E-state index is 0.101. The minimum Gasteiger partial charge on any atom is -0.379 e. The highest BCUT2D eigenvalue weighted by molar-refractivity contribution is 7.89. The third-order valence-corrected chi connectivity index (χ3v) is 7.33. The van der Waals surface area contributed by atoms with Crippen molar-refractivity contribution in [2.75, 3.05) is 26.3 Å². The van der Waals surface area contributed by atoms with Crippen molar-refractivity contribution in [3.05, 3.63) is 65.2 Å². The van der Waals surface area contributed by atoms with Gasteiger partial charge < -0.3 is 4.74 Å². The van der Waals surface area contributed by atoms with Crippen LogP contribution in [-0.4, -0.2) is 50.6 Å². The molecule has 0 atom stereocenters. The van der Waals surface area contributed by atoms with E-state index in [-0.39, 0.29) is 10.5 Å². The second-order valence-corrected chi connectivity index (χ2v) is 9.35. The van der Waals surface area contributed by atoms with Crippen LogP contribution in [0.4, 0.5) is 0 Å². The standard InChI is InChI=1S/C22H25N3O4S/c26-22(24-23-21-11-4-2-7-17-6-1-3-10-20(17)21)18-8-5-9-19(16-18)30(27,28)25-12-14-29-15-13-25/h1,3,5-6,8-10,16H,2,4,7,11-15H2,(H,24,26)/b23-21-. The fourth-order valence-electron chi connectivity index (χ4n) is 3.80. The summed E-state index contributed by atoms with van der Waals surface area (Å²) in [4.78, 5) is 12.8. The SMILES string of the molecule is O=C(N/N=C1/CCCCc2ccccc21)c1cccc(S(=O)(=O)N2CCOCC2)c1. The van der Waals surface area contributed by atoms with E-state index in [2.05, 4.69) is 16.6 Å². The Morgan fingerprint density at radius 1 is 1.00 bits per heavy atom. The van der Waals surface area contributed by atoms with E-state index in [1.165, 1.54) is 22.0 Å². The third kappa shape index (κ3) is 4.45. The van der Waals surface area contributed by atoms with Crippen LogP contribution in [0.2, 0.25) is 0 Å². The lowest BCUT2D eigenvalue weighted by Gasteiger charge is -2.26. The van der Waals surface area contributed by atoms with Crippen LogP contribution in [0.1, 0.15) is 40.7 Å². The molecule has 1 fully saturated rings. The lowest BCUT2D eigenvalue weighted by Crippen LogP contribution is -2.40. The molecule has 0 spiro atoms. The van der Waals surface area contributed by atoms with Gasteiger partial charge in [-0.1, -0.05) is 30.3 Å². The van der Waals surface area contributed by atoms with Crippen LogP contribution in [0.5, 0.6) is 0 Å². The summed E-state index contributed by atoms with van der Waals surface area (Å²) < 4.78 is 32.3. The molecule has 0 aromatic heterocycles. The zero-order valence-electron chi connectivity index (χ0n) is 16.7. The van der Waals surface area contributed by atoms with Gasteiger partial charge in [0.25, 0.3) is 5.91 Å². The van der Waals surface area contributed by atoms with Crippen LogP contribution in [-0.2, 0) is 21.2 Å². The van der Waals surface area contributed by atoms with Crippen molar-refractivity contribution >= 4 is 21.6 Å². The Bertz CT molecular complexity index is 1060. The highest BCUT2D eigenvalue weighted by Crippen LogP contribution is 2.21. The molecular weight excluding hydrogens is 402 g/mol. The summed E-state index contributed by atoms with van der Waals surface area (Å²) in [6.07, 6.45) is 3.90. The highest BCUT2D eigenvalue weighted by Gasteiger charge is 2.27. The van der Waals surface area contributed by atoms with Crippen LogP contribution >= 0.6 is 0 Å². The van der Waals surface area contributed by atoms with Gasteiger partial charge >= 0.3 is 0 Å². The van der Waals surface area contributed by atoms with Crippen molar-refractivity contribution in [2.45, 2.75) is 30.6 Å². The van der Waals surface area contributed by atoms with Gasteiger partial charge in [0.15, 0.2) is 0 Å². The number of hydrogen-bond acceptors (Lipinski definition) is 5. The van der Waals surface area contributed by atoms with E-state index in [9.17, 15) is 13.2 Å². The maximum absolute atomic E-state index is 12.9. The number of rotatable bonds is 4. The Morgan fingerprint density at radius 3 is 2.60 bits per heavy atom. The summed E-state index contributed by atoms with van der Waals surface area (Å²) in [5.41, 5.74) is 6.04. The maximum Gasteiger partial charge on any atom is 0.271 e. The number of fused-ring (bicyclic) bond motifs is 1. The summed E-state index contributed by atoms with van der Waals surface area (Å²) in [7, 11) is -3.66. The Kier molecular flexibility index (Phi) is 6.26. The van der Waals surface area contributed by atoms with E-state index in [0.29, 0.717) is 26.3 Å². The van der Waals surface area contributed by atoms with Crippen molar-refractivity contribution in [3.63, 3.8) is 0 Å². The molecule has 0 bridgehead atoms. The molecule has 7 nitrogen and oxygen atoms in total. The van der Waals surface area contributed by atoms with Crippen molar-refractivity contribution in [1.29, 1.82) is 0 Å². The van der Waals surface area contributed by atoms with Gasteiger partial charge in [0, 0.05) is 24.2 Å². The lowest BCUT2D eigenvalue weighted by atomic mass is 10.0. The van der Waals surface area contributed by atoms with Crippen molar-refractivity contribution in [2.24, 2.45) is 5.10 Å². The molecule has 1 N–H and O–H groups in total. The number of amides is 1. The third-order valence-electron chi connectivity index (χ3n) is 5.43. The lowest BCUT2D eigenvalue weighted by molar-refractivity contribution is 0.0730. The number of carbonyl (C=O) groups excluding carboxylic acids is 1. The first-order valence-electron chi connectivity index (χ1n) is 10.2. The predicted molar refractivity (Wildman–Crippen MR) is 114 cm³/mol. The van der Waals surface area contributed by atoms with Crippen LogP contribution < -0.4 is 5.43 Å². The largest absolute Gasteiger partial charge is 0.379 e. The average Bonchev–Trinajstić information content (AvgIpc) is 3.00. The first-order valence-corrected chi connectivity index (χ1v) is 11.6. The average molecular weight is 428 g/mol. The fraction of sp³-hybridized carbons (Fsp3) is 0.364. The number of ether oxygens (including phenoxy) is 1. The molecule has 2 aromatic carbocycles. The molecule has 0 saturated carbocycles. The second kappa shape index (κ2) is 9.07. The summed E-state index contributed by atoms with van der Waals surface area (Å²) >= 11 is 0. The number of aryl methyl sites for hydroxylation is 1. The molecule has 8 heteroatoms. The van der Waals surface area contributed by atoms with Crippen molar-refractivity contribution in [3.8, 4) is 0 Å². The molecule has 1 aliphatic heterocycles. The second-order valence-electron chi connectivity index (χ2n) is 7.41. The fourth-order valence-corrected chi connectivity index (χ4v) is 5.25. The molecular formula is C22H25N3O4S. The van der Waals surface area contributed by atoms with E-state index in [1.807, 2.05) is 18.2 Å². The molecule has 1 aliphatic carbocycles. The Hall–Kier alpha value is -2.55. The molecule has 4 rings (SSSR count). The number of morpholine rings is 1. The number of benzene rings is 2. The number of nitrogens with zero attached hydrogens (tertiary/aromatic N) is 2. The smallest absolute Gasteiger partial charge is 0.271 e. The van der Waals surface area contributed by atoms with Gasteiger partial charge in [-0.25, -0.2) is 13.8 Å². The van der Waals surface area contributed by atoms with E-state index >= 15 is 0 Å². The number of carbonyl (C=O) groups is 1. The minimum atomic E-state index is -3.66. The number of sulfonamides is 1. The van der Waals surface area contributed by atoms with Crippen LogP contribution in [0.25, 0.3) is 0 Å². The van der Waals surface area contributed by atoms with Gasteiger partial charge in [-0.15, -0.1) is 0 Å². The quantitative estimate of drug-likeness (QED) is 0.600. The van der Waals surface area contributed by atoms with Crippen molar-refractivity contribution < 1.29 is 17.9 Å². The monoisotopic (exact) mass is 427 g/mol. The number of nitrogens with one attached hydrogen (secondary N) is 1. The summed E-state index contributed by atoms with van der Waals surface area (Å²) in [5, 5.41) is 4.38. The molecule has 2 aromatic rings. The van der Waals surface area contributed by atoms with Gasteiger partial charge in [-0.3, -0.25) is 4.79 Å². The molecule has 1 saturated heterocycles. The zero-order valence-corrected chi connectivity index (χ0v) is 17.5. The molecule has 1 heterocycles.